The van der Waals surface area contributed by atoms with E-state index in [1.54, 1.807) is 6.92 Å². The van der Waals surface area contributed by atoms with Crippen molar-refractivity contribution in [2.45, 2.75) is 20.5 Å². The minimum Gasteiger partial charge on any atom is -0.461 e. The zero-order valence-corrected chi connectivity index (χ0v) is 9.97. The van der Waals surface area contributed by atoms with Gasteiger partial charge in [-0.05, 0) is 0 Å². The molecular formula is C10H12ClFNO3+. The molecule has 0 radical (unpaired) electrons. The van der Waals surface area contributed by atoms with Crippen LogP contribution in [0.3, 0.4) is 0 Å². The van der Waals surface area contributed by atoms with Crippen molar-refractivity contribution in [3.8, 4) is 0 Å². The first-order valence-corrected chi connectivity index (χ1v) is 4.92. The molecule has 4 nitrogen and oxygen atoms in total. The molecule has 6 heteroatoms. The lowest BCUT2D eigenvalue weighted by molar-refractivity contribution is -0.890. The van der Waals surface area contributed by atoms with Gasteiger partial charge in [-0.25, -0.2) is 0 Å². The number of hydrogen-bond donors (Lipinski definition) is 0. The highest BCUT2D eigenvalue weighted by molar-refractivity contribution is 6.31. The number of esters is 1. The lowest BCUT2D eigenvalue weighted by Crippen LogP contribution is -2.44. The Balaban J connectivity index is 3.14. The van der Waals surface area contributed by atoms with Gasteiger partial charge in [-0.2, -0.15) is 4.39 Å². The van der Waals surface area contributed by atoms with E-state index in [0.29, 0.717) is 11.3 Å². The molecule has 88 valence electrons. The summed E-state index contributed by atoms with van der Waals surface area (Å²) in [5.74, 6) is -1.08. The van der Waals surface area contributed by atoms with E-state index in [2.05, 4.69) is 0 Å². The number of carbonyl (C=O) groups is 1. The van der Waals surface area contributed by atoms with E-state index in [4.69, 9.17) is 21.2 Å². The summed E-state index contributed by atoms with van der Waals surface area (Å²) in [6.07, 6.45) is 1.12. The summed E-state index contributed by atoms with van der Waals surface area (Å²) < 4.78 is 19.4. The van der Waals surface area contributed by atoms with Crippen LogP contribution in [0.1, 0.15) is 18.2 Å². The summed E-state index contributed by atoms with van der Waals surface area (Å²) in [6.45, 7) is 2.88. The Morgan fingerprint density at radius 3 is 2.75 bits per heavy atom. The molecule has 0 aromatic carbocycles. The number of pyridine rings is 1. The van der Waals surface area contributed by atoms with Crippen LogP contribution in [-0.2, 0) is 16.1 Å². The Bertz CT molecular complexity index is 423. The second kappa shape index (κ2) is 5.12. The number of hydrogen-bond acceptors (Lipinski definition) is 3. The fraction of sp³-hybridized carbons (Fsp3) is 0.400. The summed E-state index contributed by atoms with van der Waals surface area (Å²) in [6, 6.07) is 0. The van der Waals surface area contributed by atoms with Crippen molar-refractivity contribution in [1.29, 1.82) is 0 Å². The zero-order valence-electron chi connectivity index (χ0n) is 9.21. The highest BCUT2D eigenvalue weighted by Crippen LogP contribution is 2.21. The number of aromatic nitrogens is 1. The van der Waals surface area contributed by atoms with Crippen molar-refractivity contribution in [1.82, 2.24) is 0 Å². The summed E-state index contributed by atoms with van der Waals surface area (Å²) in [5.41, 5.74) is 0.967. The Kier molecular flexibility index (Phi) is 4.06. The lowest BCUT2D eigenvalue weighted by Gasteiger charge is -2.06. The molecule has 16 heavy (non-hydrogen) atoms. The van der Waals surface area contributed by atoms with E-state index in [9.17, 15) is 9.18 Å². The van der Waals surface area contributed by atoms with E-state index < -0.39 is 11.8 Å². The summed E-state index contributed by atoms with van der Waals surface area (Å²) in [4.78, 5) is 15.6. The standard InChI is InChI=1S/C10H12ClFNO3/c1-6-8(5-16-7(2)14)10(11)9(12)4-13(6)15-3/h4H,5H2,1-3H3/q+1. The fourth-order valence-electron chi connectivity index (χ4n) is 1.22. The lowest BCUT2D eigenvalue weighted by atomic mass is 10.2. The second-order valence-corrected chi connectivity index (χ2v) is 3.52. The van der Waals surface area contributed by atoms with Gasteiger partial charge in [0, 0.05) is 18.6 Å². The largest absolute Gasteiger partial charge is 0.461 e. The molecule has 1 aromatic heterocycles. The molecule has 0 N–H and O–H groups in total. The number of ether oxygens (including phenoxy) is 1. The molecule has 0 aliphatic rings. The minimum absolute atomic E-state index is 0.0629. The maximum Gasteiger partial charge on any atom is 0.302 e. The van der Waals surface area contributed by atoms with Gasteiger partial charge in [0.15, 0.2) is 0 Å². The monoisotopic (exact) mass is 248 g/mol. The van der Waals surface area contributed by atoms with Crippen molar-refractivity contribution in [2.24, 2.45) is 0 Å². The van der Waals surface area contributed by atoms with Gasteiger partial charge in [0.2, 0.25) is 11.5 Å². The second-order valence-electron chi connectivity index (χ2n) is 3.14. The Labute approximate surface area is 97.5 Å². The first-order chi connectivity index (χ1) is 7.47. The quantitative estimate of drug-likeness (QED) is 0.596. The summed E-state index contributed by atoms with van der Waals surface area (Å²) in [5, 5.41) is -0.0629. The molecule has 0 aliphatic carbocycles. The molecule has 0 bridgehead atoms. The van der Waals surface area contributed by atoms with Crippen LogP contribution in [0.15, 0.2) is 6.20 Å². The Morgan fingerprint density at radius 2 is 2.25 bits per heavy atom. The predicted octanol–water partition coefficient (Wildman–Crippen LogP) is 1.20. The third kappa shape index (κ3) is 2.61. The van der Waals surface area contributed by atoms with Crippen LogP contribution in [0, 0.1) is 12.7 Å². The van der Waals surface area contributed by atoms with E-state index in [-0.39, 0.29) is 11.6 Å². The van der Waals surface area contributed by atoms with E-state index in [1.807, 2.05) is 0 Å². The molecule has 0 aliphatic heterocycles. The van der Waals surface area contributed by atoms with Crippen molar-refractivity contribution in [3.05, 3.63) is 28.3 Å². The summed E-state index contributed by atoms with van der Waals surface area (Å²) in [7, 11) is 1.40. The van der Waals surface area contributed by atoms with Crippen LogP contribution in [0.5, 0.6) is 0 Å². The fourth-order valence-corrected chi connectivity index (χ4v) is 1.46. The van der Waals surface area contributed by atoms with Gasteiger partial charge in [-0.3, -0.25) is 9.63 Å². The Hall–Kier alpha value is -1.36. The van der Waals surface area contributed by atoms with Crippen molar-refractivity contribution in [3.63, 3.8) is 0 Å². The van der Waals surface area contributed by atoms with Gasteiger partial charge >= 0.3 is 5.97 Å². The van der Waals surface area contributed by atoms with Crippen molar-refractivity contribution >= 4 is 17.6 Å². The first kappa shape index (κ1) is 12.7. The Morgan fingerprint density at radius 1 is 1.62 bits per heavy atom. The van der Waals surface area contributed by atoms with Crippen LogP contribution in [0.4, 0.5) is 4.39 Å². The number of rotatable bonds is 3. The molecule has 0 saturated carbocycles. The molecule has 0 atom stereocenters. The third-order valence-electron chi connectivity index (χ3n) is 2.09. The van der Waals surface area contributed by atoms with Gasteiger partial charge in [0.1, 0.15) is 13.7 Å². The summed E-state index contributed by atoms with van der Waals surface area (Å²) >= 11 is 5.78. The van der Waals surface area contributed by atoms with Gasteiger partial charge < -0.3 is 4.74 Å². The number of halogens is 2. The van der Waals surface area contributed by atoms with Crippen molar-refractivity contribution < 1.29 is 23.5 Å². The van der Waals surface area contributed by atoms with E-state index in [0.717, 1.165) is 6.20 Å². The zero-order chi connectivity index (χ0) is 12.3. The highest BCUT2D eigenvalue weighted by atomic mass is 35.5. The van der Waals surface area contributed by atoms with E-state index >= 15 is 0 Å². The first-order valence-electron chi connectivity index (χ1n) is 4.54. The predicted molar refractivity (Wildman–Crippen MR) is 54.3 cm³/mol. The molecule has 0 amide bonds. The molecule has 0 fully saturated rings. The number of nitrogens with zero attached hydrogens (tertiary/aromatic N) is 1. The van der Waals surface area contributed by atoms with Crippen molar-refractivity contribution in [2.75, 3.05) is 7.11 Å². The topological polar surface area (TPSA) is 39.4 Å². The SMILES string of the molecule is CO[n+]1cc(F)c(Cl)c(COC(C)=O)c1C. The third-order valence-corrected chi connectivity index (χ3v) is 2.50. The van der Waals surface area contributed by atoms with Crippen LogP contribution in [0.25, 0.3) is 0 Å². The van der Waals surface area contributed by atoms with E-state index in [1.165, 1.54) is 18.8 Å². The molecule has 0 spiro atoms. The van der Waals surface area contributed by atoms with Crippen LogP contribution >= 0.6 is 11.6 Å². The molecule has 1 aromatic rings. The van der Waals surface area contributed by atoms with Gasteiger partial charge in [-0.1, -0.05) is 11.6 Å². The van der Waals surface area contributed by atoms with Gasteiger partial charge in [-0.15, -0.1) is 0 Å². The highest BCUT2D eigenvalue weighted by Gasteiger charge is 2.22. The smallest absolute Gasteiger partial charge is 0.302 e. The van der Waals surface area contributed by atoms with Gasteiger partial charge in [0.05, 0.1) is 10.6 Å². The minimum atomic E-state index is -0.628. The van der Waals surface area contributed by atoms with Crippen LogP contribution in [0.2, 0.25) is 5.02 Å². The molecule has 1 heterocycles. The maximum absolute atomic E-state index is 13.4. The van der Waals surface area contributed by atoms with Crippen LogP contribution in [-0.4, -0.2) is 13.1 Å². The average Bonchev–Trinajstić information content (AvgIpc) is 2.23. The normalized spacial score (nSPS) is 10.1. The average molecular weight is 249 g/mol. The maximum atomic E-state index is 13.4. The number of carbonyl (C=O) groups excluding carboxylic acids is 1. The molecule has 0 unspecified atom stereocenters. The molecular weight excluding hydrogens is 237 g/mol. The van der Waals surface area contributed by atoms with Gasteiger partial charge in [0.25, 0.3) is 6.20 Å². The van der Waals surface area contributed by atoms with Crippen LogP contribution < -0.4 is 9.57 Å². The molecule has 1 rings (SSSR count). The molecule has 0 saturated heterocycles.